The lowest BCUT2D eigenvalue weighted by molar-refractivity contribution is -0.147. The van der Waals surface area contributed by atoms with Gasteiger partial charge in [0.15, 0.2) is 0 Å². The summed E-state index contributed by atoms with van der Waals surface area (Å²) in [6.45, 7) is 0.166. The van der Waals surface area contributed by atoms with E-state index < -0.39 is 0 Å². The number of amides is 1. The number of allylic oxidation sites excluding steroid dienone is 2. The van der Waals surface area contributed by atoms with E-state index in [1.807, 2.05) is 12.2 Å². The van der Waals surface area contributed by atoms with Crippen LogP contribution in [-0.4, -0.2) is 23.2 Å². The average Bonchev–Trinajstić information content (AvgIpc) is 2.09. The summed E-state index contributed by atoms with van der Waals surface area (Å²) in [7, 11) is 0. The van der Waals surface area contributed by atoms with Crippen molar-refractivity contribution in [2.75, 3.05) is 6.54 Å². The third-order valence-electron chi connectivity index (χ3n) is 1.65. The molecule has 1 N–H and O–H groups in total. The zero-order valence-electron chi connectivity index (χ0n) is 6.53. The summed E-state index contributed by atoms with van der Waals surface area (Å²) in [5.74, 6) is 0. The maximum atomic E-state index is 10.1. The van der Waals surface area contributed by atoms with Crippen LogP contribution in [0.1, 0.15) is 12.8 Å². The Kier molecular flexibility index (Phi) is 3.31. The molecule has 0 saturated carbocycles. The van der Waals surface area contributed by atoms with Crippen molar-refractivity contribution in [2.45, 2.75) is 12.8 Å². The van der Waals surface area contributed by atoms with Crippen LogP contribution in [0.2, 0.25) is 0 Å². The second-order valence-corrected chi connectivity index (χ2v) is 3.03. The molecule has 0 radical (unpaired) electrons. The largest absolute Gasteiger partial charge is 0.286 e. The second kappa shape index (κ2) is 4.28. The van der Waals surface area contributed by atoms with Crippen molar-refractivity contribution in [3.05, 3.63) is 22.8 Å². The summed E-state index contributed by atoms with van der Waals surface area (Å²) in [5, 5.41) is 10.2. The zero-order valence-corrected chi connectivity index (χ0v) is 7.29. The first-order valence-corrected chi connectivity index (χ1v) is 4.06. The highest BCUT2D eigenvalue weighted by atomic mass is 35.5. The Labute approximate surface area is 75.9 Å². The number of hydroxylamine groups is 2. The topological polar surface area (TPSA) is 40.5 Å². The molecule has 0 bridgehead atoms. The van der Waals surface area contributed by atoms with Crippen LogP contribution in [0, 0.1) is 0 Å². The van der Waals surface area contributed by atoms with E-state index in [4.69, 9.17) is 16.8 Å². The summed E-state index contributed by atoms with van der Waals surface area (Å²) in [5.41, 5.74) is 0.803. The molecule has 1 amide bonds. The highest BCUT2D eigenvalue weighted by Gasteiger charge is 2.08. The minimum absolute atomic E-state index is 0.166. The molecule has 1 rings (SSSR count). The van der Waals surface area contributed by atoms with E-state index in [0.717, 1.165) is 23.4 Å². The summed E-state index contributed by atoms with van der Waals surface area (Å²) in [6.07, 6.45) is 5.88. The van der Waals surface area contributed by atoms with E-state index >= 15 is 0 Å². The Bertz CT molecular complexity index is 235. The molecule has 12 heavy (non-hydrogen) atoms. The van der Waals surface area contributed by atoms with Crippen LogP contribution in [0.4, 0.5) is 0 Å². The molecule has 0 fully saturated rings. The SMILES string of the molecule is O=CN(O)CC1=C(Cl)CCC=C1. The first-order chi connectivity index (χ1) is 5.74. The summed E-state index contributed by atoms with van der Waals surface area (Å²) in [6, 6.07) is 0. The van der Waals surface area contributed by atoms with Gasteiger partial charge in [0.25, 0.3) is 0 Å². The number of nitrogens with zero attached hydrogens (tertiary/aromatic N) is 1. The molecule has 4 heteroatoms. The predicted octanol–water partition coefficient (Wildman–Crippen LogP) is 1.68. The van der Waals surface area contributed by atoms with Gasteiger partial charge in [-0.15, -0.1) is 0 Å². The fourth-order valence-corrected chi connectivity index (χ4v) is 1.27. The van der Waals surface area contributed by atoms with Crippen molar-refractivity contribution in [1.82, 2.24) is 5.06 Å². The van der Waals surface area contributed by atoms with Crippen LogP contribution in [0.5, 0.6) is 0 Å². The van der Waals surface area contributed by atoms with Gasteiger partial charge in [0.05, 0.1) is 6.54 Å². The summed E-state index contributed by atoms with van der Waals surface area (Å²) < 4.78 is 0. The lowest BCUT2D eigenvalue weighted by Gasteiger charge is -2.13. The molecule has 3 nitrogen and oxygen atoms in total. The molecule has 0 heterocycles. The monoisotopic (exact) mass is 187 g/mol. The third kappa shape index (κ3) is 2.36. The van der Waals surface area contributed by atoms with Gasteiger partial charge in [0, 0.05) is 5.03 Å². The highest BCUT2D eigenvalue weighted by Crippen LogP contribution is 2.22. The van der Waals surface area contributed by atoms with Gasteiger partial charge in [-0.2, -0.15) is 0 Å². The molecule has 0 unspecified atom stereocenters. The Balaban J connectivity index is 2.61. The van der Waals surface area contributed by atoms with Crippen molar-refractivity contribution in [2.24, 2.45) is 0 Å². The third-order valence-corrected chi connectivity index (χ3v) is 2.08. The number of hydrogen-bond acceptors (Lipinski definition) is 2. The lowest BCUT2D eigenvalue weighted by atomic mass is 10.1. The van der Waals surface area contributed by atoms with E-state index in [0.29, 0.717) is 11.5 Å². The predicted molar refractivity (Wildman–Crippen MR) is 45.8 cm³/mol. The van der Waals surface area contributed by atoms with Gasteiger partial charge in [-0.05, 0) is 18.4 Å². The lowest BCUT2D eigenvalue weighted by Crippen LogP contribution is -2.20. The molecule has 1 aliphatic rings. The van der Waals surface area contributed by atoms with Crippen LogP contribution < -0.4 is 0 Å². The maximum Gasteiger partial charge on any atom is 0.233 e. The van der Waals surface area contributed by atoms with Gasteiger partial charge < -0.3 is 0 Å². The summed E-state index contributed by atoms with van der Waals surface area (Å²) in [4.78, 5) is 10.1. The van der Waals surface area contributed by atoms with Crippen molar-refractivity contribution < 1.29 is 10.0 Å². The number of carbonyl (C=O) groups excluding carboxylic acids is 1. The van der Waals surface area contributed by atoms with Gasteiger partial charge in [-0.1, -0.05) is 23.8 Å². The fourth-order valence-electron chi connectivity index (χ4n) is 1.04. The van der Waals surface area contributed by atoms with Crippen molar-refractivity contribution in [3.63, 3.8) is 0 Å². The average molecular weight is 188 g/mol. The molecular formula is C8H10ClNO2. The minimum Gasteiger partial charge on any atom is -0.286 e. The quantitative estimate of drug-likeness (QED) is 0.415. The molecule has 0 atom stereocenters. The molecular weight excluding hydrogens is 178 g/mol. The van der Waals surface area contributed by atoms with Crippen molar-refractivity contribution in [1.29, 1.82) is 0 Å². The van der Waals surface area contributed by atoms with E-state index in [-0.39, 0.29) is 6.54 Å². The summed E-state index contributed by atoms with van der Waals surface area (Å²) >= 11 is 5.86. The molecule has 0 spiro atoms. The van der Waals surface area contributed by atoms with Crippen LogP contribution in [0.15, 0.2) is 22.8 Å². The smallest absolute Gasteiger partial charge is 0.233 e. The molecule has 1 aliphatic carbocycles. The first kappa shape index (κ1) is 9.29. The molecule has 66 valence electrons. The van der Waals surface area contributed by atoms with E-state index in [1.165, 1.54) is 0 Å². The highest BCUT2D eigenvalue weighted by molar-refractivity contribution is 6.30. The van der Waals surface area contributed by atoms with Gasteiger partial charge in [0.1, 0.15) is 0 Å². The standard InChI is InChI=1S/C8H10ClNO2/c9-8-4-2-1-3-7(8)5-10(12)6-11/h1,3,6,12H,2,4-5H2. The maximum absolute atomic E-state index is 10.1. The normalized spacial score (nSPS) is 16.5. The Morgan fingerprint density at radius 1 is 1.75 bits per heavy atom. The molecule has 0 aromatic rings. The van der Waals surface area contributed by atoms with E-state index in [9.17, 15) is 4.79 Å². The Morgan fingerprint density at radius 2 is 2.50 bits per heavy atom. The molecule has 0 saturated heterocycles. The van der Waals surface area contributed by atoms with Gasteiger partial charge in [0.2, 0.25) is 6.41 Å². The van der Waals surface area contributed by atoms with Crippen molar-refractivity contribution >= 4 is 18.0 Å². The first-order valence-electron chi connectivity index (χ1n) is 3.69. The van der Waals surface area contributed by atoms with Gasteiger partial charge in [-0.3, -0.25) is 10.0 Å². The molecule has 0 aromatic carbocycles. The second-order valence-electron chi connectivity index (χ2n) is 2.57. The Hall–Kier alpha value is -0.800. The molecule has 0 aromatic heterocycles. The van der Waals surface area contributed by atoms with Gasteiger partial charge >= 0.3 is 0 Å². The van der Waals surface area contributed by atoms with Crippen LogP contribution >= 0.6 is 11.6 Å². The van der Waals surface area contributed by atoms with Crippen molar-refractivity contribution in [3.8, 4) is 0 Å². The number of halogens is 1. The number of hydrogen-bond donors (Lipinski definition) is 1. The van der Waals surface area contributed by atoms with Crippen LogP contribution in [0.25, 0.3) is 0 Å². The number of carbonyl (C=O) groups is 1. The van der Waals surface area contributed by atoms with E-state index in [2.05, 4.69) is 0 Å². The van der Waals surface area contributed by atoms with Crippen LogP contribution in [0.3, 0.4) is 0 Å². The van der Waals surface area contributed by atoms with Crippen LogP contribution in [-0.2, 0) is 4.79 Å². The fraction of sp³-hybridized carbons (Fsp3) is 0.375. The van der Waals surface area contributed by atoms with Gasteiger partial charge in [-0.25, -0.2) is 5.06 Å². The Morgan fingerprint density at radius 3 is 3.08 bits per heavy atom. The van der Waals surface area contributed by atoms with E-state index in [1.54, 1.807) is 0 Å². The zero-order chi connectivity index (χ0) is 8.97. The molecule has 0 aliphatic heterocycles. The number of rotatable bonds is 3. The minimum atomic E-state index is 0.166.